The second-order valence-corrected chi connectivity index (χ2v) is 3.79. The van der Waals surface area contributed by atoms with E-state index in [1.807, 2.05) is 19.9 Å². The molecule has 1 heterocycles. The molecule has 0 radical (unpaired) electrons. The van der Waals surface area contributed by atoms with Crippen LogP contribution >= 0.6 is 0 Å². The largest absolute Gasteiger partial charge is 0.350 e. The molecule has 70 valence electrons. The Labute approximate surface area is 74.6 Å². The topological polar surface area (TPSA) is 18.5 Å². The van der Waals surface area contributed by atoms with E-state index in [-0.39, 0.29) is 6.10 Å². The Balaban J connectivity index is 2.51. The van der Waals surface area contributed by atoms with Crippen LogP contribution in [0.2, 0.25) is 0 Å². The third kappa shape index (κ3) is 2.32. The minimum absolute atomic E-state index is 0.270. The minimum atomic E-state index is -0.416. The molecule has 0 aromatic rings. The highest BCUT2D eigenvalue weighted by Gasteiger charge is 2.31. The van der Waals surface area contributed by atoms with Gasteiger partial charge >= 0.3 is 0 Å². The molecule has 1 aliphatic heterocycles. The summed E-state index contributed by atoms with van der Waals surface area (Å²) in [5.41, 5.74) is 0. The normalized spacial score (nSPS) is 31.1. The van der Waals surface area contributed by atoms with Crippen LogP contribution in [0.1, 0.15) is 27.2 Å². The van der Waals surface area contributed by atoms with E-state index in [1.54, 1.807) is 0 Å². The van der Waals surface area contributed by atoms with Gasteiger partial charge in [0.05, 0.1) is 12.7 Å². The first-order valence-corrected chi connectivity index (χ1v) is 4.49. The quantitative estimate of drug-likeness (QED) is 0.592. The van der Waals surface area contributed by atoms with Gasteiger partial charge < -0.3 is 9.47 Å². The first-order chi connectivity index (χ1) is 5.55. The van der Waals surface area contributed by atoms with E-state index in [1.165, 1.54) is 0 Å². The summed E-state index contributed by atoms with van der Waals surface area (Å²) in [7, 11) is 0. The van der Waals surface area contributed by atoms with Gasteiger partial charge in [-0.05, 0) is 20.3 Å². The van der Waals surface area contributed by atoms with E-state index < -0.39 is 5.79 Å². The summed E-state index contributed by atoms with van der Waals surface area (Å²) in [6.45, 7) is 10.6. The smallest absolute Gasteiger partial charge is 0.163 e. The summed E-state index contributed by atoms with van der Waals surface area (Å²) in [6, 6.07) is 0. The molecule has 0 amide bonds. The molecule has 0 spiro atoms. The predicted molar refractivity (Wildman–Crippen MR) is 48.9 cm³/mol. The molecule has 0 saturated carbocycles. The molecule has 1 saturated heterocycles. The van der Waals surface area contributed by atoms with Crippen molar-refractivity contribution in [2.45, 2.75) is 39.1 Å². The van der Waals surface area contributed by atoms with Crippen molar-refractivity contribution in [3.63, 3.8) is 0 Å². The summed E-state index contributed by atoms with van der Waals surface area (Å²) in [5.74, 6) is -0.00613. The van der Waals surface area contributed by atoms with Crippen LogP contribution in [-0.4, -0.2) is 18.5 Å². The second-order valence-electron chi connectivity index (χ2n) is 3.79. The molecular formula is C10H18O2. The minimum Gasteiger partial charge on any atom is -0.350 e. The third-order valence-corrected chi connectivity index (χ3v) is 2.25. The summed E-state index contributed by atoms with van der Waals surface area (Å²) < 4.78 is 11.2. The molecule has 0 aliphatic carbocycles. The fraction of sp³-hybridized carbons (Fsp3) is 0.800. The van der Waals surface area contributed by atoms with E-state index in [2.05, 4.69) is 13.5 Å². The fourth-order valence-electron chi connectivity index (χ4n) is 1.40. The van der Waals surface area contributed by atoms with Gasteiger partial charge in [-0.3, -0.25) is 0 Å². The fourth-order valence-corrected chi connectivity index (χ4v) is 1.40. The van der Waals surface area contributed by atoms with Gasteiger partial charge in [-0.15, -0.1) is 6.58 Å². The van der Waals surface area contributed by atoms with Crippen LogP contribution in [0, 0.1) is 5.92 Å². The number of rotatable bonds is 2. The molecule has 2 unspecified atom stereocenters. The molecule has 0 N–H and O–H groups in total. The van der Waals surface area contributed by atoms with Crippen LogP contribution in [0.15, 0.2) is 12.7 Å². The van der Waals surface area contributed by atoms with Crippen molar-refractivity contribution < 1.29 is 9.47 Å². The highest BCUT2D eigenvalue weighted by Crippen LogP contribution is 2.26. The van der Waals surface area contributed by atoms with E-state index in [9.17, 15) is 0 Å². The molecule has 0 aromatic heterocycles. The summed E-state index contributed by atoms with van der Waals surface area (Å²) >= 11 is 0. The van der Waals surface area contributed by atoms with Gasteiger partial charge in [0.15, 0.2) is 5.79 Å². The Morgan fingerprint density at radius 3 is 2.75 bits per heavy atom. The maximum Gasteiger partial charge on any atom is 0.163 e. The molecule has 2 heteroatoms. The summed E-state index contributed by atoms with van der Waals surface area (Å²) in [4.78, 5) is 0. The SMILES string of the molecule is C=CC(C)C1CCOC(C)(C)O1. The van der Waals surface area contributed by atoms with Crippen molar-refractivity contribution in [3.05, 3.63) is 12.7 Å². The van der Waals surface area contributed by atoms with Crippen molar-refractivity contribution in [1.82, 2.24) is 0 Å². The lowest BCUT2D eigenvalue weighted by atomic mass is 10.0. The molecule has 2 nitrogen and oxygen atoms in total. The Kier molecular flexibility index (Phi) is 2.91. The zero-order valence-electron chi connectivity index (χ0n) is 8.17. The maximum absolute atomic E-state index is 5.73. The zero-order chi connectivity index (χ0) is 9.19. The van der Waals surface area contributed by atoms with E-state index >= 15 is 0 Å². The molecule has 0 bridgehead atoms. The molecular weight excluding hydrogens is 152 g/mol. The summed E-state index contributed by atoms with van der Waals surface area (Å²) in [5, 5.41) is 0. The van der Waals surface area contributed by atoms with Gasteiger partial charge in [-0.25, -0.2) is 0 Å². The van der Waals surface area contributed by atoms with Crippen LogP contribution < -0.4 is 0 Å². The monoisotopic (exact) mass is 170 g/mol. The van der Waals surface area contributed by atoms with Crippen LogP contribution in [-0.2, 0) is 9.47 Å². The number of hydrogen-bond acceptors (Lipinski definition) is 2. The second kappa shape index (κ2) is 3.58. The molecule has 0 aromatic carbocycles. The molecule has 1 fully saturated rings. The maximum atomic E-state index is 5.73. The first-order valence-electron chi connectivity index (χ1n) is 4.49. The van der Waals surface area contributed by atoms with Gasteiger partial charge in [-0.1, -0.05) is 13.0 Å². The molecule has 1 rings (SSSR count). The van der Waals surface area contributed by atoms with Crippen molar-refractivity contribution in [2.75, 3.05) is 6.61 Å². The van der Waals surface area contributed by atoms with E-state index in [0.29, 0.717) is 5.92 Å². The highest BCUT2D eigenvalue weighted by atomic mass is 16.7. The van der Waals surface area contributed by atoms with Crippen molar-refractivity contribution >= 4 is 0 Å². The summed E-state index contributed by atoms with van der Waals surface area (Å²) in [6.07, 6.45) is 3.18. The van der Waals surface area contributed by atoms with Crippen molar-refractivity contribution in [3.8, 4) is 0 Å². The number of ether oxygens (including phenoxy) is 2. The Hall–Kier alpha value is -0.340. The lowest BCUT2D eigenvalue weighted by molar-refractivity contribution is -0.278. The van der Waals surface area contributed by atoms with Crippen LogP contribution in [0.4, 0.5) is 0 Å². The van der Waals surface area contributed by atoms with Crippen LogP contribution in [0.25, 0.3) is 0 Å². The van der Waals surface area contributed by atoms with Gasteiger partial charge in [0.1, 0.15) is 0 Å². The lowest BCUT2D eigenvalue weighted by Crippen LogP contribution is -2.41. The van der Waals surface area contributed by atoms with Gasteiger partial charge in [0.25, 0.3) is 0 Å². The molecule has 2 atom stereocenters. The third-order valence-electron chi connectivity index (χ3n) is 2.25. The van der Waals surface area contributed by atoms with Crippen LogP contribution in [0.3, 0.4) is 0 Å². The molecule has 12 heavy (non-hydrogen) atoms. The predicted octanol–water partition coefficient (Wildman–Crippen LogP) is 2.35. The van der Waals surface area contributed by atoms with Crippen molar-refractivity contribution in [1.29, 1.82) is 0 Å². The Bertz CT molecular complexity index is 163. The molecule has 1 aliphatic rings. The standard InChI is InChI=1S/C10H18O2/c1-5-8(2)9-6-7-11-10(3,4)12-9/h5,8-9H,1,6-7H2,2-4H3. The average Bonchev–Trinajstić information content (AvgIpc) is 2.01. The van der Waals surface area contributed by atoms with Gasteiger partial charge in [-0.2, -0.15) is 0 Å². The average molecular weight is 170 g/mol. The zero-order valence-corrected chi connectivity index (χ0v) is 8.17. The van der Waals surface area contributed by atoms with Gasteiger partial charge in [0.2, 0.25) is 0 Å². The Morgan fingerprint density at radius 2 is 2.25 bits per heavy atom. The van der Waals surface area contributed by atoms with E-state index in [0.717, 1.165) is 13.0 Å². The van der Waals surface area contributed by atoms with Crippen LogP contribution in [0.5, 0.6) is 0 Å². The lowest BCUT2D eigenvalue weighted by Gasteiger charge is -2.37. The van der Waals surface area contributed by atoms with Gasteiger partial charge in [0, 0.05) is 5.92 Å². The highest BCUT2D eigenvalue weighted by molar-refractivity contribution is 4.84. The van der Waals surface area contributed by atoms with E-state index in [4.69, 9.17) is 9.47 Å². The number of hydrogen-bond donors (Lipinski definition) is 0. The Morgan fingerprint density at radius 1 is 1.58 bits per heavy atom. The first kappa shape index (κ1) is 9.75. The van der Waals surface area contributed by atoms with Crippen molar-refractivity contribution in [2.24, 2.45) is 5.92 Å².